The number of methoxy groups -OCH3 is 1. The number of hydrogen-bond donors (Lipinski definition) is 0. The number of allylic oxidation sites excluding steroid dienone is 1. The molecule has 29 heavy (non-hydrogen) atoms. The van der Waals surface area contributed by atoms with Crippen LogP contribution in [0.15, 0.2) is 30.0 Å². The van der Waals surface area contributed by atoms with Gasteiger partial charge in [-0.15, -0.1) is 0 Å². The van der Waals surface area contributed by atoms with Gasteiger partial charge in [0, 0.05) is 24.2 Å². The van der Waals surface area contributed by atoms with Crippen LogP contribution in [0.5, 0.6) is 5.75 Å². The number of nitrogens with zero attached hydrogens (tertiary/aromatic N) is 2. The first-order valence-corrected chi connectivity index (χ1v) is 10.8. The van der Waals surface area contributed by atoms with Gasteiger partial charge in [0.05, 0.1) is 12.8 Å². The molecule has 0 N–H and O–H groups in total. The van der Waals surface area contributed by atoms with Gasteiger partial charge in [-0.05, 0) is 91.7 Å². The largest absolute Gasteiger partial charge is 0.497 e. The Kier molecular flexibility index (Phi) is 4.23. The van der Waals surface area contributed by atoms with E-state index in [1.54, 1.807) is 7.11 Å². The molecule has 4 nitrogen and oxygen atoms in total. The quantitative estimate of drug-likeness (QED) is 0.688. The highest BCUT2D eigenvalue weighted by atomic mass is 16.5. The Balaban J connectivity index is 1.48. The molecule has 0 bridgehead atoms. The molecule has 0 unspecified atom stereocenters. The van der Waals surface area contributed by atoms with Crippen molar-refractivity contribution in [3.63, 3.8) is 0 Å². The number of hydrogen-bond acceptors (Lipinski definition) is 3. The fraction of sp³-hybridized carbons (Fsp3) is 0.520. The topological polar surface area (TPSA) is 44.1 Å². The molecule has 152 valence electrons. The fourth-order valence-corrected chi connectivity index (χ4v) is 6.43. The van der Waals surface area contributed by atoms with Crippen LogP contribution in [-0.4, -0.2) is 22.7 Å². The van der Waals surface area contributed by atoms with E-state index in [2.05, 4.69) is 36.3 Å². The Hall–Kier alpha value is -2.36. The van der Waals surface area contributed by atoms with E-state index in [1.165, 1.54) is 17.5 Å². The number of fused-ring (bicyclic) bond motifs is 5. The Morgan fingerprint density at radius 1 is 1.31 bits per heavy atom. The van der Waals surface area contributed by atoms with Gasteiger partial charge in [-0.25, -0.2) is 0 Å². The van der Waals surface area contributed by atoms with Crippen LogP contribution < -0.4 is 4.74 Å². The van der Waals surface area contributed by atoms with E-state index in [9.17, 15) is 4.79 Å². The van der Waals surface area contributed by atoms with Crippen LogP contribution in [-0.2, 0) is 18.3 Å². The van der Waals surface area contributed by atoms with Crippen molar-refractivity contribution in [2.24, 2.45) is 24.3 Å². The second-order valence-electron chi connectivity index (χ2n) is 9.48. The van der Waals surface area contributed by atoms with E-state index in [4.69, 9.17) is 4.74 Å². The summed E-state index contributed by atoms with van der Waals surface area (Å²) in [6.45, 7) is 4.25. The van der Waals surface area contributed by atoms with Crippen LogP contribution in [0, 0.1) is 24.2 Å². The fourth-order valence-electron chi connectivity index (χ4n) is 6.43. The maximum atomic E-state index is 13.5. The van der Waals surface area contributed by atoms with Gasteiger partial charge in [-0.3, -0.25) is 9.48 Å². The summed E-state index contributed by atoms with van der Waals surface area (Å²) >= 11 is 0. The Morgan fingerprint density at radius 2 is 2.14 bits per heavy atom. The molecule has 0 saturated heterocycles. The zero-order valence-corrected chi connectivity index (χ0v) is 17.9. The van der Waals surface area contributed by atoms with Crippen LogP contribution in [0.2, 0.25) is 0 Å². The second-order valence-corrected chi connectivity index (χ2v) is 9.48. The molecule has 0 amide bonds. The summed E-state index contributed by atoms with van der Waals surface area (Å²) in [6.07, 6.45) is 9.43. The van der Waals surface area contributed by atoms with E-state index in [0.717, 1.165) is 48.3 Å². The highest BCUT2D eigenvalue weighted by Gasteiger charge is 2.56. The summed E-state index contributed by atoms with van der Waals surface area (Å²) in [6, 6.07) is 6.60. The average molecular weight is 391 g/mol. The lowest BCUT2D eigenvalue weighted by Crippen LogP contribution is -2.42. The summed E-state index contributed by atoms with van der Waals surface area (Å²) in [5, 5.41) is 4.44. The van der Waals surface area contributed by atoms with Crippen molar-refractivity contribution in [2.45, 2.75) is 51.9 Å². The third-order valence-electron chi connectivity index (χ3n) is 7.95. The third-order valence-corrected chi connectivity index (χ3v) is 7.95. The first-order chi connectivity index (χ1) is 13.9. The van der Waals surface area contributed by atoms with Crippen molar-refractivity contribution >= 4 is 11.9 Å². The van der Waals surface area contributed by atoms with Gasteiger partial charge in [-0.2, -0.15) is 5.10 Å². The van der Waals surface area contributed by atoms with E-state index in [1.807, 2.05) is 24.9 Å². The van der Waals surface area contributed by atoms with Crippen molar-refractivity contribution in [2.75, 3.05) is 7.11 Å². The molecule has 1 heterocycles. The molecule has 1 aromatic carbocycles. The van der Waals surface area contributed by atoms with Gasteiger partial charge in [0.2, 0.25) is 0 Å². The minimum absolute atomic E-state index is 0.201. The number of benzene rings is 1. The Morgan fingerprint density at radius 3 is 2.86 bits per heavy atom. The molecule has 2 saturated carbocycles. The Bertz CT molecular complexity index is 1020. The highest BCUT2D eigenvalue weighted by Crippen LogP contribution is 2.60. The van der Waals surface area contributed by atoms with E-state index >= 15 is 0 Å². The summed E-state index contributed by atoms with van der Waals surface area (Å²) in [4.78, 5) is 13.5. The number of aryl methyl sites for hydroxylation is 3. The number of rotatable bonds is 2. The summed E-state index contributed by atoms with van der Waals surface area (Å²) < 4.78 is 7.27. The molecular formula is C25H30N2O2. The number of carbonyl (C=O) groups is 1. The first-order valence-electron chi connectivity index (χ1n) is 10.8. The van der Waals surface area contributed by atoms with Crippen LogP contribution in [0.1, 0.15) is 60.9 Å². The molecule has 5 rings (SSSR count). The third kappa shape index (κ3) is 2.79. The molecule has 4 atom stereocenters. The van der Waals surface area contributed by atoms with Crippen LogP contribution in [0.3, 0.4) is 0 Å². The SMILES string of the molecule is COc1ccc2c(c1)CC[C@@H]1[C@@H]2CC[C@]2(C)C(=O)/C(=C/c3cn(C)nc3C)C[C@@H]12. The minimum Gasteiger partial charge on any atom is -0.497 e. The maximum Gasteiger partial charge on any atom is 0.165 e. The lowest BCUT2D eigenvalue weighted by Gasteiger charge is -2.48. The van der Waals surface area contributed by atoms with Gasteiger partial charge < -0.3 is 4.74 Å². The van der Waals surface area contributed by atoms with Crippen molar-refractivity contribution in [3.05, 3.63) is 52.4 Å². The predicted molar refractivity (Wildman–Crippen MR) is 114 cm³/mol. The standard InChI is InChI=1S/C25H30N2O2/c1-15-18(14-27(3)26-15)11-17-13-23-22-7-5-16-12-19(29-4)6-8-20(16)21(22)9-10-25(23,2)24(17)28/h6,8,11-12,14,21-23H,5,7,9-10,13H2,1-4H3/b17-11+/t21-,22-,23+,25+/m1/s1. The Labute approximate surface area is 173 Å². The maximum absolute atomic E-state index is 13.5. The second kappa shape index (κ2) is 6.58. The smallest absolute Gasteiger partial charge is 0.165 e. The van der Waals surface area contributed by atoms with Crippen molar-refractivity contribution in [1.29, 1.82) is 0 Å². The molecule has 0 radical (unpaired) electrons. The van der Waals surface area contributed by atoms with Gasteiger partial charge in [0.15, 0.2) is 5.78 Å². The lowest BCUT2D eigenvalue weighted by atomic mass is 9.55. The predicted octanol–water partition coefficient (Wildman–Crippen LogP) is 4.86. The molecular weight excluding hydrogens is 360 g/mol. The van der Waals surface area contributed by atoms with Gasteiger partial charge >= 0.3 is 0 Å². The van der Waals surface area contributed by atoms with Crippen LogP contribution in [0.25, 0.3) is 6.08 Å². The van der Waals surface area contributed by atoms with Crippen molar-refractivity contribution in [3.8, 4) is 5.75 Å². The minimum atomic E-state index is -0.201. The van der Waals surface area contributed by atoms with Gasteiger partial charge in [0.25, 0.3) is 0 Å². The molecule has 3 aliphatic carbocycles. The van der Waals surface area contributed by atoms with Gasteiger partial charge in [0.1, 0.15) is 5.75 Å². The molecule has 2 fully saturated rings. The van der Waals surface area contributed by atoms with Crippen molar-refractivity contribution in [1.82, 2.24) is 9.78 Å². The van der Waals surface area contributed by atoms with E-state index in [0.29, 0.717) is 23.5 Å². The molecule has 0 spiro atoms. The molecule has 1 aromatic heterocycles. The van der Waals surface area contributed by atoms with Crippen molar-refractivity contribution < 1.29 is 9.53 Å². The van der Waals surface area contributed by atoms with E-state index < -0.39 is 0 Å². The normalized spacial score (nSPS) is 32.1. The zero-order valence-electron chi connectivity index (χ0n) is 17.9. The molecule has 2 aromatic rings. The number of aromatic nitrogens is 2. The highest BCUT2D eigenvalue weighted by molar-refractivity contribution is 6.06. The van der Waals surface area contributed by atoms with Crippen LogP contribution >= 0.6 is 0 Å². The van der Waals surface area contributed by atoms with Crippen LogP contribution in [0.4, 0.5) is 0 Å². The van der Waals surface area contributed by atoms with E-state index in [-0.39, 0.29) is 5.41 Å². The molecule has 4 heteroatoms. The number of ketones is 1. The number of ether oxygens (including phenoxy) is 1. The number of Topliss-reactive ketones (excluding diaryl/α,β-unsaturated/α-hetero) is 1. The molecule has 0 aliphatic heterocycles. The summed E-state index contributed by atoms with van der Waals surface area (Å²) in [7, 11) is 3.67. The van der Waals surface area contributed by atoms with Gasteiger partial charge in [-0.1, -0.05) is 13.0 Å². The molecule has 3 aliphatic rings. The first kappa shape index (κ1) is 18.7. The lowest BCUT2D eigenvalue weighted by molar-refractivity contribution is -0.127. The summed E-state index contributed by atoms with van der Waals surface area (Å²) in [5.74, 6) is 2.96. The average Bonchev–Trinajstić information content (AvgIpc) is 3.17. The number of carbonyl (C=O) groups excluding carboxylic acids is 1. The zero-order chi connectivity index (χ0) is 20.3. The monoisotopic (exact) mass is 390 g/mol. The summed E-state index contributed by atoms with van der Waals surface area (Å²) in [5.41, 5.74) is 5.82.